The van der Waals surface area contributed by atoms with E-state index in [1.165, 1.54) is 0 Å². The molecule has 2 nitrogen and oxygen atoms in total. The molecule has 2 N–H and O–H groups in total. The summed E-state index contributed by atoms with van der Waals surface area (Å²) in [5.74, 6) is -0.0878. The fourth-order valence-corrected chi connectivity index (χ4v) is 1.36. The van der Waals surface area contributed by atoms with Gasteiger partial charge in [0.15, 0.2) is 0 Å². The van der Waals surface area contributed by atoms with Crippen LogP contribution in [0.1, 0.15) is 19.4 Å². The summed E-state index contributed by atoms with van der Waals surface area (Å²) < 4.78 is 0. The molecule has 0 heterocycles. The molecule has 0 aliphatic carbocycles. The molecular weight excluding hydrogens is 176 g/mol. The highest BCUT2D eigenvalue weighted by atomic mass is 16.3. The maximum absolute atomic E-state index is 9.78. The highest BCUT2D eigenvalue weighted by molar-refractivity contribution is 5.15. The highest BCUT2D eigenvalue weighted by Crippen LogP contribution is 2.13. The lowest BCUT2D eigenvalue weighted by Gasteiger charge is -2.21. The van der Waals surface area contributed by atoms with Gasteiger partial charge in [-0.3, -0.25) is 0 Å². The maximum Gasteiger partial charge on any atom is 0.0630 e. The summed E-state index contributed by atoms with van der Waals surface area (Å²) in [6.45, 7) is 3.57. The van der Waals surface area contributed by atoms with Gasteiger partial charge in [0, 0.05) is 5.92 Å². The van der Waals surface area contributed by atoms with E-state index in [1.807, 2.05) is 37.3 Å². The molecule has 0 spiro atoms. The van der Waals surface area contributed by atoms with Crippen LogP contribution < -0.4 is 0 Å². The first-order valence-electron chi connectivity index (χ1n) is 5.01. The van der Waals surface area contributed by atoms with Crippen LogP contribution in [0.5, 0.6) is 0 Å². The molecule has 1 rings (SSSR count). The van der Waals surface area contributed by atoms with Gasteiger partial charge in [-0.2, -0.15) is 0 Å². The van der Waals surface area contributed by atoms with Crippen molar-refractivity contribution < 1.29 is 10.2 Å². The summed E-state index contributed by atoms with van der Waals surface area (Å²) in [6, 6.07) is 9.83. The number of hydrogen-bond acceptors (Lipinski definition) is 2. The van der Waals surface area contributed by atoms with Crippen molar-refractivity contribution in [2.45, 2.75) is 32.5 Å². The second-order valence-electron chi connectivity index (χ2n) is 3.86. The van der Waals surface area contributed by atoms with Gasteiger partial charge in [0.05, 0.1) is 12.2 Å². The zero-order valence-corrected chi connectivity index (χ0v) is 8.72. The van der Waals surface area contributed by atoms with Gasteiger partial charge in [-0.25, -0.2) is 0 Å². The van der Waals surface area contributed by atoms with Crippen LogP contribution in [-0.2, 0) is 6.42 Å². The van der Waals surface area contributed by atoms with Crippen molar-refractivity contribution in [3.63, 3.8) is 0 Å². The van der Waals surface area contributed by atoms with Crippen LogP contribution in [0, 0.1) is 5.92 Å². The number of hydrogen-bond donors (Lipinski definition) is 2. The van der Waals surface area contributed by atoms with Crippen LogP contribution in [0.2, 0.25) is 0 Å². The highest BCUT2D eigenvalue weighted by Gasteiger charge is 2.18. The molecule has 1 aromatic rings. The summed E-state index contributed by atoms with van der Waals surface area (Å²) in [7, 11) is 0. The van der Waals surface area contributed by atoms with Gasteiger partial charge in [0.25, 0.3) is 0 Å². The molecule has 0 saturated carbocycles. The Labute approximate surface area is 85.2 Å². The zero-order chi connectivity index (χ0) is 10.6. The lowest BCUT2D eigenvalue weighted by Crippen LogP contribution is -2.28. The molecule has 0 aliphatic heterocycles. The Morgan fingerprint density at radius 3 is 2.14 bits per heavy atom. The molecule has 78 valence electrons. The molecule has 3 unspecified atom stereocenters. The van der Waals surface area contributed by atoms with Crippen molar-refractivity contribution in [1.29, 1.82) is 0 Å². The summed E-state index contributed by atoms with van der Waals surface area (Å²) in [4.78, 5) is 0. The Balaban J connectivity index is 2.53. The van der Waals surface area contributed by atoms with E-state index in [9.17, 15) is 10.2 Å². The van der Waals surface area contributed by atoms with Crippen LogP contribution in [0.3, 0.4) is 0 Å². The predicted molar refractivity (Wildman–Crippen MR) is 57.0 cm³/mol. The smallest absolute Gasteiger partial charge is 0.0630 e. The first kappa shape index (κ1) is 11.2. The van der Waals surface area contributed by atoms with Crippen molar-refractivity contribution >= 4 is 0 Å². The van der Waals surface area contributed by atoms with E-state index in [0.717, 1.165) is 5.56 Å². The molecule has 0 fully saturated rings. The lowest BCUT2D eigenvalue weighted by atomic mass is 9.94. The molecule has 0 amide bonds. The minimum Gasteiger partial charge on any atom is -0.393 e. The van der Waals surface area contributed by atoms with Gasteiger partial charge >= 0.3 is 0 Å². The van der Waals surface area contributed by atoms with E-state index >= 15 is 0 Å². The van der Waals surface area contributed by atoms with Gasteiger partial charge in [0.2, 0.25) is 0 Å². The second kappa shape index (κ2) is 5.13. The summed E-state index contributed by atoms with van der Waals surface area (Å²) in [6.07, 6.45) is -0.335. The van der Waals surface area contributed by atoms with E-state index in [-0.39, 0.29) is 5.92 Å². The Morgan fingerprint density at radius 2 is 1.64 bits per heavy atom. The molecule has 0 bridgehead atoms. The van der Waals surface area contributed by atoms with Crippen molar-refractivity contribution in [2.75, 3.05) is 0 Å². The Hall–Kier alpha value is -0.860. The average Bonchev–Trinajstić information content (AvgIpc) is 2.18. The van der Waals surface area contributed by atoms with Crippen LogP contribution in [0.25, 0.3) is 0 Å². The predicted octanol–water partition coefficient (Wildman–Crippen LogP) is 1.61. The van der Waals surface area contributed by atoms with Crippen molar-refractivity contribution in [2.24, 2.45) is 5.92 Å². The van der Waals surface area contributed by atoms with Crippen molar-refractivity contribution in [1.82, 2.24) is 0 Å². The molecule has 0 aromatic heterocycles. The van der Waals surface area contributed by atoms with E-state index in [4.69, 9.17) is 0 Å². The normalized spacial score (nSPS) is 17.4. The molecule has 1 aromatic carbocycles. The monoisotopic (exact) mass is 194 g/mol. The fraction of sp³-hybridized carbons (Fsp3) is 0.500. The number of aliphatic hydroxyl groups is 2. The van der Waals surface area contributed by atoms with Crippen molar-refractivity contribution in [3.05, 3.63) is 35.9 Å². The fourth-order valence-electron chi connectivity index (χ4n) is 1.36. The Kier molecular flexibility index (Phi) is 4.11. The van der Waals surface area contributed by atoms with Crippen LogP contribution in [0.15, 0.2) is 30.3 Å². The van der Waals surface area contributed by atoms with Crippen LogP contribution in [-0.4, -0.2) is 22.4 Å². The molecule has 0 aliphatic rings. The summed E-state index contributed by atoms with van der Waals surface area (Å²) >= 11 is 0. The first-order valence-corrected chi connectivity index (χ1v) is 5.01. The molecule has 0 saturated heterocycles. The maximum atomic E-state index is 9.78. The second-order valence-corrected chi connectivity index (χ2v) is 3.86. The van der Waals surface area contributed by atoms with Gasteiger partial charge in [0.1, 0.15) is 0 Å². The first-order chi connectivity index (χ1) is 6.61. The number of rotatable bonds is 4. The van der Waals surface area contributed by atoms with E-state index < -0.39 is 12.2 Å². The lowest BCUT2D eigenvalue weighted by molar-refractivity contribution is 0.0320. The third kappa shape index (κ3) is 3.13. The van der Waals surface area contributed by atoms with Crippen molar-refractivity contribution in [3.8, 4) is 0 Å². The van der Waals surface area contributed by atoms with Crippen LogP contribution >= 0.6 is 0 Å². The standard InChI is InChI=1S/C12H18O2/c1-9(10(2)13)12(14)8-11-6-4-3-5-7-11/h3-7,9-10,12-14H,8H2,1-2H3. The zero-order valence-electron chi connectivity index (χ0n) is 8.72. The van der Waals surface area contributed by atoms with Gasteiger partial charge < -0.3 is 10.2 Å². The average molecular weight is 194 g/mol. The number of benzene rings is 1. The van der Waals surface area contributed by atoms with E-state index in [2.05, 4.69) is 0 Å². The summed E-state index contributed by atoms with van der Waals surface area (Å²) in [5, 5.41) is 19.1. The molecule has 14 heavy (non-hydrogen) atoms. The van der Waals surface area contributed by atoms with Gasteiger partial charge in [-0.05, 0) is 18.9 Å². The van der Waals surface area contributed by atoms with E-state index in [1.54, 1.807) is 6.92 Å². The molecule has 0 radical (unpaired) electrons. The minimum atomic E-state index is -0.475. The largest absolute Gasteiger partial charge is 0.393 e. The Bertz CT molecular complexity index is 256. The SMILES string of the molecule is CC(O)C(C)C(O)Cc1ccccc1. The quantitative estimate of drug-likeness (QED) is 0.764. The van der Waals surface area contributed by atoms with Crippen LogP contribution in [0.4, 0.5) is 0 Å². The third-order valence-electron chi connectivity index (χ3n) is 2.66. The van der Waals surface area contributed by atoms with Gasteiger partial charge in [-0.1, -0.05) is 37.3 Å². The van der Waals surface area contributed by atoms with Gasteiger partial charge in [-0.15, -0.1) is 0 Å². The molecular formula is C12H18O2. The topological polar surface area (TPSA) is 40.5 Å². The van der Waals surface area contributed by atoms with E-state index in [0.29, 0.717) is 6.42 Å². The Morgan fingerprint density at radius 1 is 1.07 bits per heavy atom. The third-order valence-corrected chi connectivity index (χ3v) is 2.66. The summed E-state index contributed by atoms with van der Waals surface area (Å²) in [5.41, 5.74) is 1.10. The minimum absolute atomic E-state index is 0.0878. The molecule has 3 atom stereocenters. The number of aliphatic hydroxyl groups excluding tert-OH is 2. The molecule has 2 heteroatoms.